The minimum absolute atomic E-state index is 0.0564. The van der Waals surface area contributed by atoms with Gasteiger partial charge in [-0.25, -0.2) is 0 Å². The molecule has 0 aliphatic rings. The molecule has 3 N–H and O–H groups in total. The van der Waals surface area contributed by atoms with Crippen molar-refractivity contribution in [2.24, 2.45) is 0 Å². The van der Waals surface area contributed by atoms with Crippen molar-refractivity contribution < 1.29 is 19.1 Å². The highest BCUT2D eigenvalue weighted by Crippen LogP contribution is 2.19. The SMILES string of the molecule is CC.CNC(C)(C)CCOC(C)(C)CCC(=O)NCCCCC(NP)C(C)=O.O=CCBr. The van der Waals surface area contributed by atoms with Gasteiger partial charge in [0.1, 0.15) is 12.1 Å². The molecule has 0 bridgehead atoms. The maximum absolute atomic E-state index is 12.0. The minimum Gasteiger partial charge on any atom is -0.375 e. The van der Waals surface area contributed by atoms with E-state index in [0.717, 1.165) is 32.0 Å². The van der Waals surface area contributed by atoms with Gasteiger partial charge in [-0.3, -0.25) is 14.7 Å². The zero-order chi connectivity index (χ0) is 25.6. The summed E-state index contributed by atoms with van der Waals surface area (Å²) in [5.41, 5.74) is -0.249. The van der Waals surface area contributed by atoms with Gasteiger partial charge in [-0.05, 0) is 73.8 Å². The summed E-state index contributed by atoms with van der Waals surface area (Å²) in [5, 5.41) is 9.59. The molecule has 0 spiro atoms. The predicted molar refractivity (Wildman–Crippen MR) is 142 cm³/mol. The molecule has 0 aromatic rings. The Bertz CT molecular complexity index is 492. The number of ether oxygens (including phenoxy) is 1. The Balaban J connectivity index is -0.00000125. The zero-order valence-electron chi connectivity index (χ0n) is 21.6. The largest absolute Gasteiger partial charge is 0.375 e. The van der Waals surface area contributed by atoms with Gasteiger partial charge in [-0.15, -0.1) is 0 Å². The lowest BCUT2D eigenvalue weighted by atomic mass is 10.00. The molecule has 0 rings (SSSR count). The van der Waals surface area contributed by atoms with Crippen molar-refractivity contribution in [1.29, 1.82) is 0 Å². The number of ketones is 1. The molecule has 9 heteroatoms. The van der Waals surface area contributed by atoms with Gasteiger partial charge in [0.15, 0.2) is 0 Å². The topological polar surface area (TPSA) is 96.5 Å². The Hall–Kier alpha value is -0.400. The first-order valence-electron chi connectivity index (χ1n) is 11.5. The number of hydrogen-bond acceptors (Lipinski definition) is 6. The van der Waals surface area contributed by atoms with Gasteiger partial charge in [0, 0.05) is 25.1 Å². The molecule has 0 radical (unpaired) electrons. The summed E-state index contributed by atoms with van der Waals surface area (Å²) in [6, 6.07) is -0.110. The van der Waals surface area contributed by atoms with Gasteiger partial charge in [0.2, 0.25) is 5.91 Å². The van der Waals surface area contributed by atoms with Crippen molar-refractivity contribution >= 4 is 43.3 Å². The number of carbonyl (C=O) groups is 3. The second-order valence-corrected chi connectivity index (χ2v) is 9.47. The number of carbonyl (C=O) groups excluding carboxylic acids is 3. The summed E-state index contributed by atoms with van der Waals surface area (Å²) >= 11 is 2.88. The van der Waals surface area contributed by atoms with E-state index >= 15 is 0 Å². The van der Waals surface area contributed by atoms with E-state index in [1.54, 1.807) is 6.92 Å². The number of rotatable bonds is 16. The van der Waals surface area contributed by atoms with Crippen LogP contribution >= 0.6 is 25.3 Å². The van der Waals surface area contributed by atoms with Crippen molar-refractivity contribution in [3.63, 3.8) is 0 Å². The van der Waals surface area contributed by atoms with Crippen molar-refractivity contribution in [2.45, 2.75) is 104 Å². The monoisotopic (exact) mass is 541 g/mol. The molecule has 0 aromatic carbocycles. The quantitative estimate of drug-likeness (QED) is 0.117. The van der Waals surface area contributed by atoms with Gasteiger partial charge in [0.25, 0.3) is 0 Å². The van der Waals surface area contributed by atoms with E-state index in [-0.39, 0.29) is 28.9 Å². The third-order valence-corrected chi connectivity index (χ3v) is 5.51. The number of alkyl halides is 1. The van der Waals surface area contributed by atoms with Crippen LogP contribution in [0.25, 0.3) is 0 Å². The first-order valence-corrected chi connectivity index (χ1v) is 13.2. The van der Waals surface area contributed by atoms with Gasteiger partial charge in [-0.2, -0.15) is 0 Å². The highest BCUT2D eigenvalue weighted by atomic mass is 79.9. The van der Waals surface area contributed by atoms with Crippen LogP contribution in [0.5, 0.6) is 0 Å². The van der Waals surface area contributed by atoms with E-state index < -0.39 is 0 Å². The summed E-state index contributed by atoms with van der Waals surface area (Å²) in [6.07, 6.45) is 5.44. The van der Waals surface area contributed by atoms with E-state index in [1.165, 1.54) is 0 Å². The Kier molecular flexibility index (Phi) is 25.3. The number of aldehydes is 1. The van der Waals surface area contributed by atoms with Crippen LogP contribution in [-0.2, 0) is 19.1 Å². The van der Waals surface area contributed by atoms with E-state index in [9.17, 15) is 9.59 Å². The fourth-order valence-corrected chi connectivity index (χ4v) is 2.79. The average Bonchev–Trinajstić information content (AvgIpc) is 2.76. The third-order valence-electron chi connectivity index (χ3n) is 4.85. The lowest BCUT2D eigenvalue weighted by molar-refractivity contribution is -0.123. The number of nitrogens with one attached hydrogen (secondary N) is 3. The smallest absolute Gasteiger partial charge is 0.220 e. The van der Waals surface area contributed by atoms with Gasteiger partial charge in [-0.1, -0.05) is 39.2 Å². The molecule has 2 atom stereocenters. The van der Waals surface area contributed by atoms with Crippen LogP contribution in [-0.4, -0.2) is 60.7 Å². The van der Waals surface area contributed by atoms with Crippen molar-refractivity contribution in [2.75, 3.05) is 25.5 Å². The lowest BCUT2D eigenvalue weighted by Gasteiger charge is -2.29. The van der Waals surface area contributed by atoms with Gasteiger partial charge in [0.05, 0.1) is 17.0 Å². The van der Waals surface area contributed by atoms with E-state index in [1.807, 2.05) is 34.7 Å². The molecule has 32 heavy (non-hydrogen) atoms. The molecule has 0 fully saturated rings. The van der Waals surface area contributed by atoms with Crippen LogP contribution < -0.4 is 15.7 Å². The summed E-state index contributed by atoms with van der Waals surface area (Å²) < 4.78 is 5.96. The molecule has 1 amide bonds. The first kappa shape index (κ1) is 36.2. The standard InChI is InChI=1S/C19H40N3O3P.C2H3BrO.C2H6/c1-15(23)16(22-26)9-7-8-13-21-17(24)10-11-19(4,5)25-14-12-18(2,3)20-6;3-1-2-4;1-2/h16,20,22H,7-14,26H2,1-6H3,(H,21,24);2H,1H2;1-2H3. The minimum atomic E-state index is -0.305. The third kappa shape index (κ3) is 24.2. The predicted octanol–water partition coefficient (Wildman–Crippen LogP) is 4.18. The number of Topliss-reactive ketones (excluding diaryl/α,β-unsaturated/α-hetero) is 1. The molecule has 0 aliphatic carbocycles. The molecule has 192 valence electrons. The highest BCUT2D eigenvalue weighted by molar-refractivity contribution is 9.09. The van der Waals surface area contributed by atoms with E-state index in [0.29, 0.717) is 31.3 Å². The molecule has 0 heterocycles. The summed E-state index contributed by atoms with van der Waals surface area (Å²) in [4.78, 5) is 32.4. The van der Waals surface area contributed by atoms with Crippen LogP contribution in [0, 0.1) is 0 Å². The summed E-state index contributed by atoms with van der Waals surface area (Å²) in [7, 11) is 4.34. The maximum Gasteiger partial charge on any atom is 0.220 e. The Morgan fingerprint density at radius 3 is 2.12 bits per heavy atom. The maximum atomic E-state index is 12.0. The van der Waals surface area contributed by atoms with E-state index in [4.69, 9.17) is 9.53 Å². The number of amides is 1. The average molecular weight is 543 g/mol. The molecular formula is C23H49BrN3O4P. The molecule has 0 aliphatic heterocycles. The second-order valence-electron chi connectivity index (χ2n) is 8.49. The van der Waals surface area contributed by atoms with E-state index in [2.05, 4.69) is 54.9 Å². The molecular weight excluding hydrogens is 493 g/mol. The molecule has 0 saturated heterocycles. The second kappa shape index (κ2) is 22.4. The van der Waals surface area contributed by atoms with Crippen LogP contribution in [0.3, 0.4) is 0 Å². The number of halogens is 1. The fourth-order valence-electron chi connectivity index (χ4n) is 2.39. The van der Waals surface area contributed by atoms with Crippen LogP contribution in [0.1, 0.15) is 87.0 Å². The summed E-state index contributed by atoms with van der Waals surface area (Å²) in [5.74, 6) is 0.203. The molecule has 7 nitrogen and oxygen atoms in total. The summed E-state index contributed by atoms with van der Waals surface area (Å²) in [6.45, 7) is 15.3. The molecule has 0 aromatic heterocycles. The fraction of sp³-hybridized carbons (Fsp3) is 0.870. The van der Waals surface area contributed by atoms with Crippen molar-refractivity contribution in [3.05, 3.63) is 0 Å². The Morgan fingerprint density at radius 2 is 1.69 bits per heavy atom. The van der Waals surface area contributed by atoms with Gasteiger partial charge >= 0.3 is 0 Å². The Labute approximate surface area is 207 Å². The first-order chi connectivity index (χ1) is 14.9. The van der Waals surface area contributed by atoms with Gasteiger partial charge < -0.3 is 20.2 Å². The number of hydrogen-bond donors (Lipinski definition) is 3. The van der Waals surface area contributed by atoms with Crippen molar-refractivity contribution in [3.8, 4) is 0 Å². The highest BCUT2D eigenvalue weighted by Gasteiger charge is 2.22. The lowest BCUT2D eigenvalue weighted by Crippen LogP contribution is -2.38. The Morgan fingerprint density at radius 1 is 1.12 bits per heavy atom. The normalized spacial score (nSPS) is 11.9. The molecule has 2 unspecified atom stereocenters. The number of unbranched alkanes of at least 4 members (excludes halogenated alkanes) is 1. The van der Waals surface area contributed by atoms with Crippen molar-refractivity contribution in [1.82, 2.24) is 15.7 Å². The zero-order valence-corrected chi connectivity index (χ0v) is 24.3. The van der Waals surface area contributed by atoms with Crippen LogP contribution in [0.4, 0.5) is 0 Å². The van der Waals surface area contributed by atoms with Crippen LogP contribution in [0.2, 0.25) is 0 Å². The van der Waals surface area contributed by atoms with Crippen LogP contribution in [0.15, 0.2) is 0 Å². The molecule has 0 saturated carbocycles.